The quantitative estimate of drug-likeness (QED) is 0.928. The topological polar surface area (TPSA) is 81.4 Å². The molecular weight excluding hydrogens is 268 g/mol. The third-order valence-electron chi connectivity index (χ3n) is 2.56. The van der Waals surface area contributed by atoms with Crippen LogP contribution >= 0.6 is 0 Å². The van der Waals surface area contributed by atoms with Crippen LogP contribution in [0.25, 0.3) is 0 Å². The molecule has 102 valence electrons. The van der Waals surface area contributed by atoms with Gasteiger partial charge >= 0.3 is 0 Å². The summed E-state index contributed by atoms with van der Waals surface area (Å²) in [7, 11) is -2.20. The summed E-state index contributed by atoms with van der Waals surface area (Å²) in [6.45, 7) is 3.14. The van der Waals surface area contributed by atoms with Gasteiger partial charge in [-0.2, -0.15) is 0 Å². The average molecular weight is 282 g/mol. The van der Waals surface area contributed by atoms with Gasteiger partial charge in [0.05, 0.1) is 12.8 Å². The summed E-state index contributed by atoms with van der Waals surface area (Å²) < 4.78 is 36.9. The normalized spacial score (nSPS) is 11.3. The standard InChI is InChI=1S/C12H14N2O4S/c1-8-12(9(2)18-13-8)19(15,16)14-10-5-4-6-11(7-10)17-3/h4-7,14H,1-3H3. The Morgan fingerprint density at radius 1 is 1.32 bits per heavy atom. The third-order valence-corrected chi connectivity index (χ3v) is 4.18. The van der Waals surface area contributed by atoms with Gasteiger partial charge in [-0.05, 0) is 26.0 Å². The van der Waals surface area contributed by atoms with Gasteiger partial charge in [0.2, 0.25) is 0 Å². The first-order valence-electron chi connectivity index (χ1n) is 5.54. The van der Waals surface area contributed by atoms with Crippen molar-refractivity contribution in [3.05, 3.63) is 35.7 Å². The zero-order valence-corrected chi connectivity index (χ0v) is 11.6. The average Bonchev–Trinajstić information content (AvgIpc) is 2.69. The smallest absolute Gasteiger partial charge is 0.267 e. The summed E-state index contributed by atoms with van der Waals surface area (Å²) in [6, 6.07) is 6.66. The van der Waals surface area contributed by atoms with E-state index in [9.17, 15) is 8.42 Å². The van der Waals surface area contributed by atoms with Crippen LogP contribution in [-0.4, -0.2) is 20.7 Å². The fourth-order valence-electron chi connectivity index (χ4n) is 1.75. The molecule has 1 aromatic heterocycles. The number of ether oxygens (including phenoxy) is 1. The second kappa shape index (κ2) is 4.93. The monoisotopic (exact) mass is 282 g/mol. The molecule has 0 amide bonds. The van der Waals surface area contributed by atoms with E-state index < -0.39 is 10.0 Å². The molecule has 2 aromatic rings. The van der Waals surface area contributed by atoms with Gasteiger partial charge in [0.25, 0.3) is 10.0 Å². The molecule has 0 bridgehead atoms. The van der Waals surface area contributed by atoms with Crippen LogP contribution in [0.1, 0.15) is 11.5 Å². The van der Waals surface area contributed by atoms with E-state index in [4.69, 9.17) is 9.26 Å². The third kappa shape index (κ3) is 2.70. The van der Waals surface area contributed by atoms with E-state index in [1.165, 1.54) is 7.11 Å². The maximum absolute atomic E-state index is 12.3. The molecule has 0 unspecified atom stereocenters. The zero-order valence-electron chi connectivity index (χ0n) is 10.8. The number of methoxy groups -OCH3 is 1. The van der Waals surface area contributed by atoms with Crippen LogP contribution < -0.4 is 9.46 Å². The van der Waals surface area contributed by atoms with Crippen molar-refractivity contribution in [2.45, 2.75) is 18.7 Å². The van der Waals surface area contributed by atoms with E-state index in [1.54, 1.807) is 38.1 Å². The molecule has 0 aliphatic carbocycles. The van der Waals surface area contributed by atoms with Crippen LogP contribution in [0.2, 0.25) is 0 Å². The number of nitrogens with one attached hydrogen (secondary N) is 1. The highest BCUT2D eigenvalue weighted by Gasteiger charge is 2.24. The van der Waals surface area contributed by atoms with Crippen LogP contribution in [-0.2, 0) is 10.0 Å². The molecule has 1 N–H and O–H groups in total. The predicted molar refractivity (Wildman–Crippen MR) is 69.8 cm³/mol. The number of nitrogens with zero attached hydrogens (tertiary/aromatic N) is 1. The van der Waals surface area contributed by atoms with E-state index in [0.717, 1.165) is 0 Å². The molecule has 0 atom stereocenters. The second-order valence-corrected chi connectivity index (χ2v) is 5.61. The molecule has 0 fully saturated rings. The maximum Gasteiger partial charge on any atom is 0.267 e. The highest BCUT2D eigenvalue weighted by Crippen LogP contribution is 2.24. The van der Waals surface area contributed by atoms with Crippen molar-refractivity contribution in [1.29, 1.82) is 0 Å². The van der Waals surface area contributed by atoms with E-state index in [1.807, 2.05) is 0 Å². The lowest BCUT2D eigenvalue weighted by molar-refractivity contribution is 0.390. The van der Waals surface area contributed by atoms with Gasteiger partial charge in [-0.25, -0.2) is 8.42 Å². The molecule has 19 heavy (non-hydrogen) atoms. The Kier molecular flexibility index (Phi) is 3.48. The zero-order chi connectivity index (χ0) is 14.0. The molecule has 1 heterocycles. The van der Waals surface area contributed by atoms with Gasteiger partial charge in [0, 0.05) is 6.07 Å². The van der Waals surface area contributed by atoms with Crippen LogP contribution in [0.3, 0.4) is 0 Å². The van der Waals surface area contributed by atoms with E-state index >= 15 is 0 Å². The van der Waals surface area contributed by atoms with Gasteiger partial charge in [0.1, 0.15) is 11.4 Å². The van der Waals surface area contributed by atoms with Crippen molar-refractivity contribution >= 4 is 15.7 Å². The van der Waals surface area contributed by atoms with Gasteiger partial charge in [-0.15, -0.1) is 0 Å². The number of hydrogen-bond donors (Lipinski definition) is 1. The van der Waals surface area contributed by atoms with Crippen LogP contribution in [0.4, 0.5) is 5.69 Å². The lowest BCUT2D eigenvalue weighted by Gasteiger charge is -2.08. The Hall–Kier alpha value is -2.02. The lowest BCUT2D eigenvalue weighted by atomic mass is 10.3. The maximum atomic E-state index is 12.3. The summed E-state index contributed by atoms with van der Waals surface area (Å²) >= 11 is 0. The van der Waals surface area contributed by atoms with Gasteiger partial charge in [-0.1, -0.05) is 11.2 Å². The highest BCUT2D eigenvalue weighted by molar-refractivity contribution is 7.92. The number of hydrogen-bond acceptors (Lipinski definition) is 5. The molecule has 6 nitrogen and oxygen atoms in total. The minimum absolute atomic E-state index is 0.0651. The first kappa shape index (κ1) is 13.4. The van der Waals surface area contributed by atoms with Crippen LogP contribution in [0, 0.1) is 13.8 Å². The van der Waals surface area contributed by atoms with Gasteiger partial charge < -0.3 is 9.26 Å². The molecule has 2 rings (SSSR count). The Morgan fingerprint density at radius 3 is 2.63 bits per heavy atom. The van der Waals surface area contributed by atoms with E-state index in [0.29, 0.717) is 17.1 Å². The predicted octanol–water partition coefficient (Wildman–Crippen LogP) is 2.10. The molecule has 0 radical (unpaired) electrons. The summed E-state index contributed by atoms with van der Waals surface area (Å²) in [5.41, 5.74) is 0.743. The largest absolute Gasteiger partial charge is 0.497 e. The first-order valence-corrected chi connectivity index (χ1v) is 7.02. The van der Waals surface area contributed by atoms with Crippen molar-refractivity contribution in [3.8, 4) is 5.75 Å². The Labute approximate surface area is 111 Å². The Morgan fingerprint density at radius 2 is 2.05 bits per heavy atom. The number of benzene rings is 1. The highest BCUT2D eigenvalue weighted by atomic mass is 32.2. The van der Waals surface area contributed by atoms with Crippen molar-refractivity contribution in [2.75, 3.05) is 11.8 Å². The Balaban J connectivity index is 2.36. The molecular formula is C12H14N2O4S. The minimum Gasteiger partial charge on any atom is -0.497 e. The molecule has 0 saturated heterocycles. The SMILES string of the molecule is COc1cccc(NS(=O)(=O)c2c(C)noc2C)c1. The van der Waals surface area contributed by atoms with Crippen molar-refractivity contribution in [3.63, 3.8) is 0 Å². The summed E-state index contributed by atoms with van der Waals surface area (Å²) in [4.78, 5) is 0.0651. The molecule has 0 aliphatic rings. The van der Waals surface area contributed by atoms with Crippen molar-refractivity contribution in [2.24, 2.45) is 0 Å². The van der Waals surface area contributed by atoms with Crippen LogP contribution in [0.15, 0.2) is 33.7 Å². The molecule has 0 saturated carbocycles. The molecule has 0 aliphatic heterocycles. The summed E-state index contributed by atoms with van der Waals surface area (Å²) in [6.07, 6.45) is 0. The number of aryl methyl sites for hydroxylation is 2. The summed E-state index contributed by atoms with van der Waals surface area (Å²) in [5, 5.41) is 3.64. The van der Waals surface area contributed by atoms with Gasteiger partial charge in [0.15, 0.2) is 10.7 Å². The minimum atomic E-state index is -3.72. The second-order valence-electron chi connectivity index (χ2n) is 3.99. The number of rotatable bonds is 4. The fourth-order valence-corrected chi connectivity index (χ4v) is 3.13. The molecule has 7 heteroatoms. The number of aromatic nitrogens is 1. The molecule has 1 aromatic carbocycles. The van der Waals surface area contributed by atoms with Crippen molar-refractivity contribution in [1.82, 2.24) is 5.16 Å². The van der Waals surface area contributed by atoms with E-state index in [2.05, 4.69) is 9.88 Å². The van der Waals surface area contributed by atoms with E-state index in [-0.39, 0.29) is 10.7 Å². The fraction of sp³-hybridized carbons (Fsp3) is 0.250. The van der Waals surface area contributed by atoms with Crippen LogP contribution in [0.5, 0.6) is 5.75 Å². The number of anilines is 1. The Bertz CT molecular complexity index is 672. The summed E-state index contributed by atoms with van der Waals surface area (Å²) in [5.74, 6) is 0.826. The van der Waals surface area contributed by atoms with Crippen molar-refractivity contribution < 1.29 is 17.7 Å². The molecule has 0 spiro atoms. The van der Waals surface area contributed by atoms with Gasteiger partial charge in [-0.3, -0.25) is 4.72 Å². The lowest BCUT2D eigenvalue weighted by Crippen LogP contribution is -2.14. The number of sulfonamides is 1. The first-order chi connectivity index (χ1) is 8.94.